The van der Waals surface area contributed by atoms with Crippen LogP contribution >= 0.6 is 0 Å². The molecule has 0 saturated carbocycles. The summed E-state index contributed by atoms with van der Waals surface area (Å²) in [6, 6.07) is 5.87. The van der Waals surface area contributed by atoms with Crippen molar-refractivity contribution >= 4 is 23.9 Å². The SMILES string of the molecule is CC(C)c1nc(N(C)c2ncnn2C)nc(-c2ccc(F)cc2)c1/C=C/C(O)CC(O)CC(=O)[O-].[Na+]. The third kappa shape index (κ3) is 7.40. The molecule has 3 aromatic rings. The normalized spacial score (nSPS) is 13.0. The van der Waals surface area contributed by atoms with Gasteiger partial charge in [-0.15, -0.1) is 0 Å². The Hall–Kier alpha value is -2.70. The molecule has 0 saturated heterocycles. The average molecular weight is 507 g/mol. The number of aliphatic carboxylic acids is 1. The first-order valence-corrected chi connectivity index (χ1v) is 11.1. The third-order valence-corrected chi connectivity index (χ3v) is 5.32. The molecule has 0 fully saturated rings. The first-order valence-electron chi connectivity index (χ1n) is 11.1. The summed E-state index contributed by atoms with van der Waals surface area (Å²) in [5.41, 5.74) is 2.41. The van der Waals surface area contributed by atoms with Crippen molar-refractivity contribution in [2.45, 2.75) is 44.8 Å². The minimum atomic E-state index is -1.40. The molecule has 2 aromatic heterocycles. The standard InChI is InChI=1S/C24H29FN6O4.Na/c1-14(2)21-19(10-9-17(32)11-18(33)12-20(34)35)22(15-5-7-16(25)8-6-15)29-23(28-21)30(3)24-26-13-27-31(24)4;/h5-10,13-14,17-18,32-33H,11-12H2,1-4H3,(H,34,35);/q;+1/p-1/b10-9+;. The van der Waals surface area contributed by atoms with Gasteiger partial charge in [-0.1, -0.05) is 26.0 Å². The summed E-state index contributed by atoms with van der Waals surface area (Å²) in [5, 5.41) is 34.9. The monoisotopic (exact) mass is 506 g/mol. The molecule has 0 spiro atoms. The van der Waals surface area contributed by atoms with Crippen LogP contribution in [0.25, 0.3) is 17.3 Å². The van der Waals surface area contributed by atoms with Gasteiger partial charge in [-0.3, -0.25) is 4.90 Å². The number of hydrogen-bond acceptors (Lipinski definition) is 9. The molecule has 10 nitrogen and oxygen atoms in total. The molecular weight excluding hydrogens is 478 g/mol. The van der Waals surface area contributed by atoms with E-state index in [1.54, 1.807) is 41.9 Å². The van der Waals surface area contributed by atoms with Crippen molar-refractivity contribution < 1.29 is 54.1 Å². The van der Waals surface area contributed by atoms with Crippen molar-refractivity contribution in [1.29, 1.82) is 0 Å². The van der Waals surface area contributed by atoms with Crippen LogP contribution < -0.4 is 39.6 Å². The number of rotatable bonds is 10. The number of aryl methyl sites for hydroxylation is 1. The number of hydrogen-bond donors (Lipinski definition) is 2. The van der Waals surface area contributed by atoms with E-state index in [4.69, 9.17) is 9.97 Å². The van der Waals surface area contributed by atoms with Gasteiger partial charge in [0.15, 0.2) is 0 Å². The zero-order chi connectivity index (χ0) is 25.7. The van der Waals surface area contributed by atoms with Crippen LogP contribution in [0.1, 0.15) is 43.9 Å². The summed E-state index contributed by atoms with van der Waals surface area (Å²) in [6.07, 6.45) is 1.38. The van der Waals surface area contributed by atoms with Gasteiger partial charge in [0.1, 0.15) is 12.1 Å². The fourth-order valence-corrected chi connectivity index (χ4v) is 3.58. The fourth-order valence-electron chi connectivity index (χ4n) is 3.58. The van der Waals surface area contributed by atoms with Gasteiger partial charge in [-0.05, 0) is 30.2 Å². The number of carbonyl (C=O) groups is 1. The maximum atomic E-state index is 13.6. The van der Waals surface area contributed by atoms with E-state index in [2.05, 4.69) is 10.1 Å². The maximum absolute atomic E-state index is 13.6. The van der Waals surface area contributed by atoms with Gasteiger partial charge in [0.05, 0.1) is 23.6 Å². The number of carboxylic acids is 1. The van der Waals surface area contributed by atoms with Gasteiger partial charge < -0.3 is 20.1 Å². The number of aliphatic hydroxyl groups is 2. The van der Waals surface area contributed by atoms with E-state index in [0.717, 1.165) is 0 Å². The molecule has 0 aliphatic heterocycles. The Balaban J connectivity index is 0.00000456. The van der Waals surface area contributed by atoms with Crippen LogP contribution in [0.5, 0.6) is 0 Å². The number of carboxylic acid groups (broad SMARTS) is 1. The van der Waals surface area contributed by atoms with Gasteiger partial charge in [0.25, 0.3) is 0 Å². The number of carbonyl (C=O) groups excluding carboxylic acids is 1. The van der Waals surface area contributed by atoms with Gasteiger partial charge in [-0.25, -0.2) is 19.0 Å². The number of aromatic nitrogens is 5. The van der Waals surface area contributed by atoms with Crippen LogP contribution in [0.2, 0.25) is 0 Å². The van der Waals surface area contributed by atoms with Crippen molar-refractivity contribution in [3.8, 4) is 11.3 Å². The van der Waals surface area contributed by atoms with Crippen LogP contribution in [0.15, 0.2) is 36.7 Å². The van der Waals surface area contributed by atoms with Crippen LogP contribution in [0, 0.1) is 5.82 Å². The summed E-state index contributed by atoms with van der Waals surface area (Å²) in [4.78, 5) is 26.1. The molecule has 0 aliphatic rings. The number of halogens is 1. The summed E-state index contributed by atoms with van der Waals surface area (Å²) in [5.74, 6) is -0.968. The van der Waals surface area contributed by atoms with E-state index in [-0.39, 0.29) is 41.9 Å². The third-order valence-electron chi connectivity index (χ3n) is 5.32. The van der Waals surface area contributed by atoms with Crippen LogP contribution in [-0.2, 0) is 11.8 Å². The predicted molar refractivity (Wildman–Crippen MR) is 126 cm³/mol. The van der Waals surface area contributed by atoms with Crippen molar-refractivity contribution in [3.05, 3.63) is 53.7 Å². The summed E-state index contributed by atoms with van der Waals surface area (Å²) >= 11 is 0. The van der Waals surface area contributed by atoms with E-state index in [0.29, 0.717) is 34.4 Å². The van der Waals surface area contributed by atoms with Crippen LogP contribution in [-0.4, -0.2) is 60.2 Å². The Morgan fingerprint density at radius 1 is 1.22 bits per heavy atom. The average Bonchev–Trinajstić information content (AvgIpc) is 3.22. The molecule has 3 rings (SSSR count). The molecule has 2 unspecified atom stereocenters. The first kappa shape index (κ1) is 29.5. The second-order valence-electron chi connectivity index (χ2n) is 8.47. The van der Waals surface area contributed by atoms with Crippen molar-refractivity contribution in [2.75, 3.05) is 11.9 Å². The zero-order valence-electron chi connectivity index (χ0n) is 21.0. The maximum Gasteiger partial charge on any atom is 1.00 e. The fraction of sp³-hybridized carbons (Fsp3) is 0.375. The Morgan fingerprint density at radius 3 is 2.44 bits per heavy atom. The van der Waals surface area contributed by atoms with E-state index in [1.807, 2.05) is 13.8 Å². The zero-order valence-corrected chi connectivity index (χ0v) is 23.0. The number of anilines is 2. The van der Waals surface area contributed by atoms with Crippen LogP contribution in [0.4, 0.5) is 16.3 Å². The van der Waals surface area contributed by atoms with E-state index in [9.17, 15) is 24.5 Å². The van der Waals surface area contributed by atoms with Crippen LogP contribution in [0.3, 0.4) is 0 Å². The summed E-state index contributed by atoms with van der Waals surface area (Å²) < 4.78 is 15.2. The molecule has 0 aliphatic carbocycles. The quantitative estimate of drug-likeness (QED) is 0.317. The smallest absolute Gasteiger partial charge is 0.550 e. The minimum absolute atomic E-state index is 0. The van der Waals surface area contributed by atoms with Gasteiger partial charge >= 0.3 is 29.6 Å². The molecule has 2 atom stereocenters. The second-order valence-corrected chi connectivity index (χ2v) is 8.47. The Kier molecular flexibility index (Phi) is 10.7. The van der Waals surface area contributed by atoms with Crippen molar-refractivity contribution in [1.82, 2.24) is 24.7 Å². The molecule has 36 heavy (non-hydrogen) atoms. The van der Waals surface area contributed by atoms with E-state index < -0.39 is 30.4 Å². The molecule has 12 heteroatoms. The van der Waals surface area contributed by atoms with Gasteiger partial charge in [0, 0.05) is 44.0 Å². The molecule has 1 aromatic carbocycles. The topological polar surface area (TPSA) is 140 Å². The minimum Gasteiger partial charge on any atom is -0.550 e. The molecule has 186 valence electrons. The van der Waals surface area contributed by atoms with Gasteiger partial charge in [0.2, 0.25) is 11.9 Å². The Morgan fingerprint density at radius 2 is 1.89 bits per heavy atom. The first-order chi connectivity index (χ1) is 16.6. The number of aliphatic hydroxyl groups excluding tert-OH is 2. The molecule has 2 N–H and O–H groups in total. The molecule has 0 bridgehead atoms. The molecule has 2 heterocycles. The Bertz CT molecular complexity index is 1200. The number of nitrogens with zero attached hydrogens (tertiary/aromatic N) is 6. The van der Waals surface area contributed by atoms with E-state index >= 15 is 0 Å². The molecule has 0 amide bonds. The summed E-state index contributed by atoms with van der Waals surface area (Å²) in [6.45, 7) is 3.92. The Labute approximate surface area is 230 Å². The largest absolute Gasteiger partial charge is 1.00 e. The van der Waals surface area contributed by atoms with Crippen molar-refractivity contribution in [3.63, 3.8) is 0 Å². The molecular formula is C24H28FN6NaO4. The van der Waals surface area contributed by atoms with Gasteiger partial charge in [-0.2, -0.15) is 10.1 Å². The summed E-state index contributed by atoms with van der Waals surface area (Å²) in [7, 11) is 3.51. The van der Waals surface area contributed by atoms with E-state index in [1.165, 1.54) is 24.5 Å². The predicted octanol–water partition coefficient (Wildman–Crippen LogP) is -1.43. The second kappa shape index (κ2) is 13.0. The molecule has 0 radical (unpaired) electrons. The van der Waals surface area contributed by atoms with Crippen molar-refractivity contribution in [2.24, 2.45) is 7.05 Å². The number of benzene rings is 1.